The minimum Gasteiger partial charge on any atom is -0.467 e. The van der Waals surface area contributed by atoms with Gasteiger partial charge in [-0.1, -0.05) is 53.7 Å². The first-order chi connectivity index (χ1) is 14.7. The second kappa shape index (κ2) is 9.65. The molecule has 2 aromatic heterocycles. The van der Waals surface area contributed by atoms with E-state index in [-0.39, 0.29) is 11.7 Å². The first-order valence-corrected chi connectivity index (χ1v) is 10.7. The first-order valence-electron chi connectivity index (χ1n) is 9.34. The van der Waals surface area contributed by atoms with Crippen LogP contribution in [-0.4, -0.2) is 26.4 Å². The zero-order valence-electron chi connectivity index (χ0n) is 16.0. The number of nitrogens with one attached hydrogen (secondary N) is 1. The number of hydrogen-bond acceptors (Lipinski definition) is 5. The number of amides is 1. The molecule has 1 amide bonds. The lowest BCUT2D eigenvalue weighted by atomic mass is 10.2. The summed E-state index contributed by atoms with van der Waals surface area (Å²) in [6.07, 6.45) is 1.63. The van der Waals surface area contributed by atoms with Crippen LogP contribution in [0.3, 0.4) is 0 Å². The van der Waals surface area contributed by atoms with E-state index in [1.54, 1.807) is 6.26 Å². The Morgan fingerprint density at radius 2 is 1.83 bits per heavy atom. The van der Waals surface area contributed by atoms with Crippen molar-refractivity contribution in [3.8, 4) is 11.4 Å². The molecule has 0 spiro atoms. The molecule has 2 heterocycles. The van der Waals surface area contributed by atoms with Crippen LogP contribution >= 0.6 is 23.4 Å². The molecular weight excluding hydrogens is 420 g/mol. The van der Waals surface area contributed by atoms with Crippen LogP contribution < -0.4 is 5.32 Å². The van der Waals surface area contributed by atoms with Crippen molar-refractivity contribution in [1.29, 1.82) is 0 Å². The van der Waals surface area contributed by atoms with Gasteiger partial charge in [0.05, 0.1) is 18.6 Å². The van der Waals surface area contributed by atoms with E-state index in [9.17, 15) is 4.79 Å². The molecule has 8 heteroatoms. The zero-order valence-corrected chi connectivity index (χ0v) is 17.6. The summed E-state index contributed by atoms with van der Waals surface area (Å²) >= 11 is 7.35. The van der Waals surface area contributed by atoms with E-state index in [0.717, 1.165) is 16.9 Å². The normalized spacial score (nSPS) is 10.8. The molecule has 4 aromatic rings. The van der Waals surface area contributed by atoms with Crippen LogP contribution in [0.5, 0.6) is 0 Å². The number of nitrogens with zero attached hydrogens (tertiary/aromatic N) is 3. The lowest BCUT2D eigenvalue weighted by Gasteiger charge is -2.09. The van der Waals surface area contributed by atoms with Crippen molar-refractivity contribution in [3.63, 3.8) is 0 Å². The summed E-state index contributed by atoms with van der Waals surface area (Å²) < 4.78 is 7.44. The average Bonchev–Trinajstić information content (AvgIpc) is 3.43. The van der Waals surface area contributed by atoms with Gasteiger partial charge in [-0.25, -0.2) is 0 Å². The Bertz CT molecular complexity index is 1100. The molecule has 0 saturated heterocycles. The minimum absolute atomic E-state index is 0.0653. The summed E-state index contributed by atoms with van der Waals surface area (Å²) in [5.74, 6) is 1.64. The zero-order chi connectivity index (χ0) is 20.8. The summed E-state index contributed by atoms with van der Waals surface area (Å²) in [7, 11) is 0. The highest BCUT2D eigenvalue weighted by atomic mass is 35.5. The van der Waals surface area contributed by atoms with Crippen molar-refractivity contribution in [1.82, 2.24) is 20.1 Å². The van der Waals surface area contributed by atoms with Gasteiger partial charge in [0.15, 0.2) is 11.0 Å². The molecule has 0 aliphatic carbocycles. The van der Waals surface area contributed by atoms with Crippen LogP contribution in [0.2, 0.25) is 5.02 Å². The Morgan fingerprint density at radius 3 is 2.57 bits per heavy atom. The van der Waals surface area contributed by atoms with Gasteiger partial charge in [0.25, 0.3) is 0 Å². The second-order valence-electron chi connectivity index (χ2n) is 6.53. The van der Waals surface area contributed by atoms with Gasteiger partial charge in [-0.2, -0.15) is 0 Å². The number of halogens is 1. The number of furan rings is 1. The third-order valence-electron chi connectivity index (χ3n) is 4.38. The van der Waals surface area contributed by atoms with Crippen molar-refractivity contribution in [2.75, 3.05) is 5.75 Å². The predicted molar refractivity (Wildman–Crippen MR) is 117 cm³/mol. The van der Waals surface area contributed by atoms with Crippen LogP contribution in [-0.2, 0) is 17.9 Å². The number of carbonyl (C=O) groups is 1. The number of hydrogen-bond donors (Lipinski definition) is 1. The number of thioether (sulfide) groups is 1. The van der Waals surface area contributed by atoms with E-state index < -0.39 is 0 Å². The Balaban J connectivity index is 1.48. The smallest absolute Gasteiger partial charge is 0.230 e. The number of aromatic nitrogens is 3. The molecule has 2 aromatic carbocycles. The lowest BCUT2D eigenvalue weighted by molar-refractivity contribution is -0.118. The maximum Gasteiger partial charge on any atom is 0.230 e. The first kappa shape index (κ1) is 20.3. The Morgan fingerprint density at radius 1 is 1.03 bits per heavy atom. The minimum atomic E-state index is -0.0653. The molecule has 6 nitrogen and oxygen atoms in total. The van der Waals surface area contributed by atoms with E-state index >= 15 is 0 Å². The largest absolute Gasteiger partial charge is 0.467 e. The fraction of sp³-hybridized carbons (Fsp3) is 0.136. The Kier molecular flexibility index (Phi) is 6.51. The van der Waals surface area contributed by atoms with E-state index in [1.165, 1.54) is 11.8 Å². The summed E-state index contributed by atoms with van der Waals surface area (Å²) in [4.78, 5) is 12.3. The Hall–Kier alpha value is -3.03. The molecule has 0 atom stereocenters. The van der Waals surface area contributed by atoms with Gasteiger partial charge in [-0.05, 0) is 42.0 Å². The molecule has 152 valence electrons. The molecule has 0 aliphatic heterocycles. The van der Waals surface area contributed by atoms with Gasteiger partial charge >= 0.3 is 0 Å². The topological polar surface area (TPSA) is 73.0 Å². The van der Waals surface area contributed by atoms with Crippen LogP contribution in [0.4, 0.5) is 0 Å². The molecule has 0 aliphatic rings. The van der Waals surface area contributed by atoms with Crippen LogP contribution in [0.1, 0.15) is 11.3 Å². The molecule has 0 radical (unpaired) electrons. The maximum absolute atomic E-state index is 12.3. The quantitative estimate of drug-likeness (QED) is 0.405. The standard InChI is InChI=1S/C22H19ClN4O2S/c23-18-10-8-17(9-11-18)21-25-26-22(27(21)14-19-7-4-12-29-19)30-15-20(28)24-13-16-5-2-1-3-6-16/h1-12H,13-15H2,(H,24,28). The van der Waals surface area contributed by atoms with Crippen molar-refractivity contribution in [2.45, 2.75) is 18.2 Å². The van der Waals surface area contributed by atoms with Gasteiger partial charge in [-0.15, -0.1) is 10.2 Å². The Labute approximate surface area is 183 Å². The number of carbonyl (C=O) groups excluding carboxylic acids is 1. The van der Waals surface area contributed by atoms with E-state index in [4.69, 9.17) is 16.0 Å². The van der Waals surface area contributed by atoms with Gasteiger partial charge in [-0.3, -0.25) is 9.36 Å². The molecule has 0 unspecified atom stereocenters. The van der Waals surface area contributed by atoms with E-state index in [2.05, 4.69) is 15.5 Å². The van der Waals surface area contributed by atoms with Crippen molar-refractivity contribution in [2.24, 2.45) is 0 Å². The lowest BCUT2D eigenvalue weighted by Crippen LogP contribution is -2.24. The summed E-state index contributed by atoms with van der Waals surface area (Å²) in [5.41, 5.74) is 1.95. The molecule has 0 saturated carbocycles. The van der Waals surface area contributed by atoms with Gasteiger partial charge in [0.1, 0.15) is 5.76 Å². The number of rotatable bonds is 8. The van der Waals surface area contributed by atoms with Crippen molar-refractivity contribution in [3.05, 3.63) is 89.3 Å². The van der Waals surface area contributed by atoms with E-state index in [0.29, 0.717) is 29.1 Å². The van der Waals surface area contributed by atoms with Crippen LogP contribution in [0.15, 0.2) is 82.6 Å². The van der Waals surface area contributed by atoms with Gasteiger partial charge < -0.3 is 9.73 Å². The third-order valence-corrected chi connectivity index (χ3v) is 5.60. The van der Waals surface area contributed by atoms with Crippen LogP contribution in [0, 0.1) is 0 Å². The van der Waals surface area contributed by atoms with Gasteiger partial charge in [0.2, 0.25) is 5.91 Å². The fourth-order valence-electron chi connectivity index (χ4n) is 2.89. The predicted octanol–water partition coefficient (Wildman–Crippen LogP) is 4.65. The molecule has 30 heavy (non-hydrogen) atoms. The van der Waals surface area contributed by atoms with Crippen molar-refractivity contribution >= 4 is 29.3 Å². The third kappa shape index (κ3) is 5.11. The SMILES string of the molecule is O=C(CSc1nnc(-c2ccc(Cl)cc2)n1Cc1ccco1)NCc1ccccc1. The highest BCUT2D eigenvalue weighted by Gasteiger charge is 2.17. The number of benzene rings is 2. The van der Waals surface area contributed by atoms with Gasteiger partial charge in [0, 0.05) is 17.1 Å². The molecular formula is C22H19ClN4O2S. The monoisotopic (exact) mass is 438 g/mol. The molecule has 0 bridgehead atoms. The second-order valence-corrected chi connectivity index (χ2v) is 7.91. The molecule has 4 rings (SSSR count). The highest BCUT2D eigenvalue weighted by molar-refractivity contribution is 7.99. The fourth-order valence-corrected chi connectivity index (χ4v) is 3.78. The summed E-state index contributed by atoms with van der Waals surface area (Å²) in [6, 6.07) is 21.0. The average molecular weight is 439 g/mol. The van der Waals surface area contributed by atoms with Crippen LogP contribution in [0.25, 0.3) is 11.4 Å². The molecule has 1 N–H and O–H groups in total. The summed E-state index contributed by atoms with van der Waals surface area (Å²) in [5, 5.41) is 12.9. The van der Waals surface area contributed by atoms with Crippen molar-refractivity contribution < 1.29 is 9.21 Å². The highest BCUT2D eigenvalue weighted by Crippen LogP contribution is 2.26. The van der Waals surface area contributed by atoms with E-state index in [1.807, 2.05) is 71.3 Å². The summed E-state index contributed by atoms with van der Waals surface area (Å²) in [6.45, 7) is 0.960. The molecule has 0 fully saturated rings. The maximum atomic E-state index is 12.3.